The van der Waals surface area contributed by atoms with Gasteiger partial charge in [-0.05, 0) is 53.8 Å². The van der Waals surface area contributed by atoms with Gasteiger partial charge < -0.3 is 9.67 Å². The molecule has 2 N–H and O–H groups in total. The van der Waals surface area contributed by atoms with E-state index in [2.05, 4.69) is 21.2 Å². The van der Waals surface area contributed by atoms with Gasteiger partial charge in [-0.1, -0.05) is 65.8 Å². The van der Waals surface area contributed by atoms with Gasteiger partial charge in [0.05, 0.1) is 6.20 Å². The highest BCUT2D eigenvalue weighted by Crippen LogP contribution is 2.34. The molecule has 0 radical (unpaired) electrons. The number of carboxylic acids is 1. The van der Waals surface area contributed by atoms with Crippen LogP contribution in [0, 0.1) is 0 Å². The third-order valence-electron chi connectivity index (χ3n) is 6.06. The standard InChI is InChI=1S/C28H24N4O4/c1-17(2)32-24(27(33)34)16-29-25(32)14-18-8-10-20(11-9-18)23-15-21(19-6-4-3-5-7-19)12-13-22(23)26-30-28(35)36-31-26/h3-13,15-17H,14H2,1-2H3,(H,33,34)(H,30,31,35). The van der Waals surface area contributed by atoms with Crippen molar-refractivity contribution in [3.63, 3.8) is 0 Å². The normalized spacial score (nSPS) is 11.2. The predicted octanol–water partition coefficient (Wildman–Crippen LogP) is 5.43. The Hall–Kier alpha value is -4.72. The van der Waals surface area contributed by atoms with E-state index in [1.165, 1.54) is 6.20 Å². The average Bonchev–Trinajstić information content (AvgIpc) is 3.51. The second-order valence-electron chi connectivity index (χ2n) is 8.77. The van der Waals surface area contributed by atoms with Crippen LogP contribution >= 0.6 is 0 Å². The second kappa shape index (κ2) is 9.50. The summed E-state index contributed by atoms with van der Waals surface area (Å²) < 4.78 is 6.50. The minimum atomic E-state index is -0.991. The maximum absolute atomic E-state index is 11.6. The summed E-state index contributed by atoms with van der Waals surface area (Å²) >= 11 is 0. The van der Waals surface area contributed by atoms with Crippen molar-refractivity contribution in [2.24, 2.45) is 0 Å². The smallest absolute Gasteiger partial charge is 0.439 e. The molecule has 8 heteroatoms. The number of H-pyrrole nitrogens is 1. The summed E-state index contributed by atoms with van der Waals surface area (Å²) in [5, 5.41) is 13.4. The van der Waals surface area contributed by atoms with Crippen molar-refractivity contribution < 1.29 is 14.4 Å². The van der Waals surface area contributed by atoms with Crippen LogP contribution in [0.3, 0.4) is 0 Å². The Kier molecular flexibility index (Phi) is 6.08. The van der Waals surface area contributed by atoms with Crippen molar-refractivity contribution >= 4 is 5.97 Å². The molecule has 0 bridgehead atoms. The molecule has 3 aromatic carbocycles. The first-order chi connectivity index (χ1) is 17.4. The molecule has 8 nitrogen and oxygen atoms in total. The summed E-state index contributed by atoms with van der Waals surface area (Å²) in [5.41, 5.74) is 5.86. The Bertz CT molecular complexity index is 1580. The molecule has 180 valence electrons. The lowest BCUT2D eigenvalue weighted by Gasteiger charge is -2.14. The van der Waals surface area contributed by atoms with Crippen molar-refractivity contribution in [2.45, 2.75) is 26.3 Å². The highest BCUT2D eigenvalue weighted by molar-refractivity contribution is 5.86. The van der Waals surface area contributed by atoms with E-state index in [1.54, 1.807) is 4.57 Å². The molecule has 2 aromatic heterocycles. The first-order valence-electron chi connectivity index (χ1n) is 11.5. The zero-order chi connectivity index (χ0) is 25.2. The van der Waals surface area contributed by atoms with E-state index in [-0.39, 0.29) is 11.7 Å². The number of nitrogens with one attached hydrogen (secondary N) is 1. The molecule has 0 fully saturated rings. The fraction of sp³-hybridized carbons (Fsp3) is 0.143. The third kappa shape index (κ3) is 4.48. The van der Waals surface area contributed by atoms with Gasteiger partial charge in [0.2, 0.25) is 0 Å². The third-order valence-corrected chi connectivity index (χ3v) is 6.06. The van der Waals surface area contributed by atoms with Crippen molar-refractivity contribution in [3.8, 4) is 33.6 Å². The van der Waals surface area contributed by atoms with Crippen molar-refractivity contribution in [3.05, 3.63) is 107 Å². The van der Waals surface area contributed by atoms with Crippen LogP contribution < -0.4 is 5.76 Å². The maximum atomic E-state index is 11.6. The minimum absolute atomic E-state index is 0.0271. The molecule has 0 amide bonds. The molecular weight excluding hydrogens is 456 g/mol. The lowest BCUT2D eigenvalue weighted by Crippen LogP contribution is -2.13. The molecule has 0 aliphatic heterocycles. The van der Waals surface area contributed by atoms with Crippen LogP contribution in [0.25, 0.3) is 33.6 Å². The van der Waals surface area contributed by atoms with Gasteiger partial charge >= 0.3 is 11.7 Å². The number of hydrogen-bond acceptors (Lipinski definition) is 5. The Morgan fingerprint density at radius 3 is 2.33 bits per heavy atom. The quantitative estimate of drug-likeness (QED) is 0.321. The van der Waals surface area contributed by atoms with Crippen LogP contribution in [-0.4, -0.2) is 30.8 Å². The maximum Gasteiger partial charge on any atom is 0.439 e. The Balaban J connectivity index is 1.53. The topological polar surface area (TPSA) is 114 Å². The molecule has 0 spiro atoms. The van der Waals surface area contributed by atoms with Gasteiger partial charge in [-0.3, -0.25) is 9.51 Å². The number of benzene rings is 3. The van der Waals surface area contributed by atoms with E-state index < -0.39 is 11.7 Å². The van der Waals surface area contributed by atoms with Crippen LogP contribution in [0.15, 0.2) is 88.3 Å². The number of imidazole rings is 1. The Labute approximate surface area is 206 Å². The summed E-state index contributed by atoms with van der Waals surface area (Å²) in [6, 6.07) is 24.0. The van der Waals surface area contributed by atoms with E-state index in [4.69, 9.17) is 4.52 Å². The highest BCUT2D eigenvalue weighted by Gasteiger charge is 2.18. The summed E-state index contributed by atoms with van der Waals surface area (Å²) in [5.74, 6) is -0.546. The largest absolute Gasteiger partial charge is 0.477 e. The first-order valence-corrected chi connectivity index (χ1v) is 11.5. The summed E-state index contributed by atoms with van der Waals surface area (Å²) in [6.07, 6.45) is 1.91. The molecule has 5 aromatic rings. The lowest BCUT2D eigenvalue weighted by molar-refractivity contribution is 0.0683. The summed E-state index contributed by atoms with van der Waals surface area (Å²) in [4.78, 5) is 30.2. The Morgan fingerprint density at radius 1 is 0.972 bits per heavy atom. The second-order valence-corrected chi connectivity index (χ2v) is 8.77. The highest BCUT2D eigenvalue weighted by atomic mass is 16.5. The zero-order valence-electron chi connectivity index (χ0n) is 19.8. The Morgan fingerprint density at radius 2 is 1.69 bits per heavy atom. The van der Waals surface area contributed by atoms with Crippen LogP contribution in [-0.2, 0) is 6.42 Å². The fourth-order valence-corrected chi connectivity index (χ4v) is 4.39. The minimum Gasteiger partial charge on any atom is -0.477 e. The lowest BCUT2D eigenvalue weighted by atomic mass is 9.93. The van der Waals surface area contributed by atoms with Crippen molar-refractivity contribution in [2.75, 3.05) is 0 Å². The SMILES string of the molecule is CC(C)n1c(C(=O)O)cnc1Cc1ccc(-c2cc(-c3ccccc3)ccc2-c2noc(=O)[nH]2)cc1. The first kappa shape index (κ1) is 23.0. The number of hydrogen-bond donors (Lipinski definition) is 2. The van der Waals surface area contributed by atoms with Gasteiger partial charge in [0.1, 0.15) is 11.5 Å². The van der Waals surface area contributed by atoms with E-state index in [0.29, 0.717) is 18.1 Å². The molecular formula is C28H24N4O4. The summed E-state index contributed by atoms with van der Waals surface area (Å²) in [7, 11) is 0. The predicted molar refractivity (Wildman–Crippen MR) is 136 cm³/mol. The van der Waals surface area contributed by atoms with Gasteiger partial charge in [0.25, 0.3) is 0 Å². The van der Waals surface area contributed by atoms with Gasteiger partial charge in [-0.2, -0.15) is 0 Å². The number of rotatable bonds is 7. The molecule has 0 saturated heterocycles. The van der Waals surface area contributed by atoms with Gasteiger partial charge in [0.15, 0.2) is 5.82 Å². The van der Waals surface area contributed by atoms with E-state index in [9.17, 15) is 14.7 Å². The fourth-order valence-electron chi connectivity index (χ4n) is 4.39. The van der Waals surface area contributed by atoms with Crippen LogP contribution in [0.1, 0.15) is 41.8 Å². The van der Waals surface area contributed by atoms with E-state index in [0.717, 1.165) is 33.4 Å². The molecule has 0 unspecified atom stereocenters. The number of carboxylic acid groups (broad SMARTS) is 1. The molecule has 5 rings (SSSR count). The number of aromatic amines is 1. The molecule has 2 heterocycles. The molecule has 36 heavy (non-hydrogen) atoms. The zero-order valence-corrected chi connectivity index (χ0v) is 19.8. The number of carbonyl (C=O) groups is 1. The van der Waals surface area contributed by atoms with Crippen molar-refractivity contribution in [1.82, 2.24) is 19.7 Å². The number of aromatic nitrogens is 4. The van der Waals surface area contributed by atoms with Gasteiger partial charge in [-0.15, -0.1) is 0 Å². The van der Waals surface area contributed by atoms with E-state index >= 15 is 0 Å². The monoisotopic (exact) mass is 480 g/mol. The van der Waals surface area contributed by atoms with Crippen LogP contribution in [0.4, 0.5) is 0 Å². The molecule has 0 aliphatic carbocycles. The molecule has 0 aliphatic rings. The van der Waals surface area contributed by atoms with Gasteiger partial charge in [0, 0.05) is 18.0 Å². The number of nitrogens with zero attached hydrogens (tertiary/aromatic N) is 3. The van der Waals surface area contributed by atoms with Crippen LogP contribution in [0.5, 0.6) is 0 Å². The number of aromatic carboxylic acids is 1. The summed E-state index contributed by atoms with van der Waals surface area (Å²) in [6.45, 7) is 3.88. The van der Waals surface area contributed by atoms with Gasteiger partial charge in [-0.25, -0.2) is 14.6 Å². The van der Waals surface area contributed by atoms with Crippen molar-refractivity contribution in [1.29, 1.82) is 0 Å². The average molecular weight is 481 g/mol. The van der Waals surface area contributed by atoms with E-state index in [1.807, 2.05) is 80.6 Å². The molecule has 0 atom stereocenters. The van der Waals surface area contributed by atoms with Crippen LogP contribution in [0.2, 0.25) is 0 Å². The molecule has 0 saturated carbocycles.